The average molecular weight is 380 g/mol. The van der Waals surface area contributed by atoms with Crippen molar-refractivity contribution in [2.75, 3.05) is 7.11 Å². The molecule has 0 radical (unpaired) electrons. The predicted molar refractivity (Wildman–Crippen MR) is 112 cm³/mol. The lowest BCUT2D eigenvalue weighted by atomic mass is 10.1. The van der Waals surface area contributed by atoms with E-state index >= 15 is 0 Å². The first-order chi connectivity index (χ1) is 13.4. The number of benzene rings is 2. The largest absolute Gasteiger partial charge is 0.497 e. The molecular weight excluding hydrogens is 352 g/mol. The fraction of sp³-hybridized carbons (Fsp3) is 0.348. The number of rotatable bonds is 8. The number of carboxylic acid groups (broad SMARTS) is 1. The molecule has 0 aliphatic heterocycles. The zero-order valence-corrected chi connectivity index (χ0v) is 17.0. The summed E-state index contributed by atoms with van der Waals surface area (Å²) in [5, 5.41) is 14.5. The molecule has 28 heavy (non-hydrogen) atoms. The van der Waals surface area contributed by atoms with Gasteiger partial charge in [0.2, 0.25) is 0 Å². The van der Waals surface area contributed by atoms with Gasteiger partial charge in [-0.25, -0.2) is 4.79 Å². The summed E-state index contributed by atoms with van der Waals surface area (Å²) in [5.41, 5.74) is 4.29. The van der Waals surface area contributed by atoms with Crippen LogP contribution in [0, 0.1) is 6.92 Å². The van der Waals surface area contributed by atoms with Crippen molar-refractivity contribution in [3.8, 4) is 5.75 Å². The number of nitrogens with zero attached hydrogens (tertiary/aromatic N) is 1. The van der Waals surface area contributed by atoms with E-state index in [1.165, 1.54) is 0 Å². The molecule has 1 atom stereocenters. The van der Waals surface area contributed by atoms with E-state index in [-0.39, 0.29) is 0 Å². The summed E-state index contributed by atoms with van der Waals surface area (Å²) < 4.78 is 7.14. The number of hydrogen-bond acceptors (Lipinski definition) is 3. The van der Waals surface area contributed by atoms with Crippen LogP contribution in [0.25, 0.3) is 10.9 Å². The van der Waals surface area contributed by atoms with Crippen LogP contribution in [0.2, 0.25) is 0 Å². The van der Waals surface area contributed by atoms with Crippen molar-refractivity contribution in [1.82, 2.24) is 9.88 Å². The normalized spacial score (nSPS) is 12.3. The Bertz CT molecular complexity index is 974. The topological polar surface area (TPSA) is 63.5 Å². The van der Waals surface area contributed by atoms with Gasteiger partial charge in [0.25, 0.3) is 0 Å². The summed E-state index contributed by atoms with van der Waals surface area (Å²) >= 11 is 0. The molecule has 3 aromatic rings. The highest BCUT2D eigenvalue weighted by Gasteiger charge is 2.22. The lowest BCUT2D eigenvalue weighted by Gasteiger charge is -2.13. The first-order valence-corrected chi connectivity index (χ1v) is 9.65. The smallest absolute Gasteiger partial charge is 0.352 e. The lowest BCUT2D eigenvalue weighted by molar-refractivity contribution is 0.0684. The van der Waals surface area contributed by atoms with Crippen molar-refractivity contribution in [1.29, 1.82) is 0 Å². The van der Waals surface area contributed by atoms with Gasteiger partial charge in [0.15, 0.2) is 0 Å². The van der Waals surface area contributed by atoms with Gasteiger partial charge in [0, 0.05) is 35.6 Å². The molecule has 0 unspecified atom stereocenters. The molecule has 1 aromatic heterocycles. The molecule has 148 valence electrons. The number of carboxylic acids is 1. The van der Waals surface area contributed by atoms with Gasteiger partial charge in [0.05, 0.1) is 7.11 Å². The Balaban J connectivity index is 2.11. The number of carbonyl (C=O) groups is 1. The molecule has 0 amide bonds. The van der Waals surface area contributed by atoms with Gasteiger partial charge in [-0.1, -0.05) is 31.2 Å². The third kappa shape index (κ3) is 4.04. The van der Waals surface area contributed by atoms with E-state index in [9.17, 15) is 9.90 Å². The summed E-state index contributed by atoms with van der Waals surface area (Å²) in [6, 6.07) is 14.2. The summed E-state index contributed by atoms with van der Waals surface area (Å²) in [4.78, 5) is 12.2. The minimum absolute atomic E-state index is 0.326. The van der Waals surface area contributed by atoms with Gasteiger partial charge in [0.1, 0.15) is 11.4 Å². The maximum atomic E-state index is 12.2. The second-order valence-corrected chi connectivity index (χ2v) is 7.28. The second-order valence-electron chi connectivity index (χ2n) is 7.28. The monoisotopic (exact) mass is 380 g/mol. The summed E-state index contributed by atoms with van der Waals surface area (Å²) in [6.07, 6.45) is 0.992. The highest BCUT2D eigenvalue weighted by atomic mass is 16.5. The van der Waals surface area contributed by atoms with Crippen LogP contribution in [0.1, 0.15) is 47.4 Å². The molecule has 0 aliphatic carbocycles. The lowest BCUT2D eigenvalue weighted by Crippen LogP contribution is -2.25. The van der Waals surface area contributed by atoms with Gasteiger partial charge < -0.3 is 19.7 Å². The van der Waals surface area contributed by atoms with Crippen LogP contribution in [-0.2, 0) is 13.1 Å². The standard InChI is InChI=1S/C23H28N2O3/c1-5-16(3)24-13-20-19-11-6-15(2)12-21(19)25(22(20)23(26)27)14-17-7-9-18(28-4)10-8-17/h6-12,16,24H,5,13-14H2,1-4H3,(H,26,27)/t16-/m0/s1. The third-order valence-corrected chi connectivity index (χ3v) is 5.27. The number of hydrogen-bond donors (Lipinski definition) is 2. The van der Waals surface area contributed by atoms with Crippen molar-refractivity contribution in [3.05, 3.63) is 64.8 Å². The maximum absolute atomic E-state index is 12.2. The number of ether oxygens (including phenoxy) is 1. The highest BCUT2D eigenvalue weighted by molar-refractivity contribution is 5.98. The first kappa shape index (κ1) is 20.0. The number of methoxy groups -OCH3 is 1. The molecule has 5 nitrogen and oxygen atoms in total. The molecule has 0 spiro atoms. The van der Waals surface area contributed by atoms with Crippen LogP contribution in [0.15, 0.2) is 42.5 Å². The first-order valence-electron chi connectivity index (χ1n) is 9.65. The molecule has 3 rings (SSSR count). The van der Waals surface area contributed by atoms with Crippen molar-refractivity contribution < 1.29 is 14.6 Å². The van der Waals surface area contributed by atoms with Crippen LogP contribution in [-0.4, -0.2) is 28.8 Å². The highest BCUT2D eigenvalue weighted by Crippen LogP contribution is 2.29. The molecule has 0 fully saturated rings. The van der Waals surface area contributed by atoms with Crippen LogP contribution in [0.3, 0.4) is 0 Å². The summed E-state index contributed by atoms with van der Waals surface area (Å²) in [5.74, 6) is -0.114. The molecule has 1 heterocycles. The minimum Gasteiger partial charge on any atom is -0.497 e. The molecule has 0 bridgehead atoms. The Hall–Kier alpha value is -2.79. The molecule has 5 heteroatoms. The van der Waals surface area contributed by atoms with Crippen molar-refractivity contribution >= 4 is 16.9 Å². The Morgan fingerprint density at radius 1 is 1.21 bits per heavy atom. The van der Waals surface area contributed by atoms with E-state index in [0.29, 0.717) is 24.8 Å². The number of nitrogens with one attached hydrogen (secondary N) is 1. The van der Waals surface area contributed by atoms with Gasteiger partial charge in [-0.15, -0.1) is 0 Å². The SMILES string of the molecule is CC[C@H](C)NCc1c(C(=O)O)n(Cc2ccc(OC)cc2)c2cc(C)ccc12. The van der Waals surface area contributed by atoms with Gasteiger partial charge in [-0.2, -0.15) is 0 Å². The summed E-state index contributed by atoms with van der Waals surface area (Å²) in [6.45, 7) is 7.29. The number of aromatic carboxylic acids is 1. The van der Waals surface area contributed by atoms with Crippen LogP contribution >= 0.6 is 0 Å². The van der Waals surface area contributed by atoms with Crippen LogP contribution in [0.4, 0.5) is 0 Å². The van der Waals surface area contributed by atoms with Crippen LogP contribution < -0.4 is 10.1 Å². The zero-order chi connectivity index (χ0) is 20.3. The fourth-order valence-corrected chi connectivity index (χ4v) is 3.45. The molecule has 2 aromatic carbocycles. The van der Waals surface area contributed by atoms with Crippen LogP contribution in [0.5, 0.6) is 5.75 Å². The average Bonchev–Trinajstić information content (AvgIpc) is 2.99. The van der Waals surface area contributed by atoms with Crippen molar-refractivity contribution in [2.24, 2.45) is 0 Å². The van der Waals surface area contributed by atoms with Crippen molar-refractivity contribution in [2.45, 2.75) is 46.3 Å². The van der Waals surface area contributed by atoms with E-state index in [1.54, 1.807) is 7.11 Å². The fourth-order valence-electron chi connectivity index (χ4n) is 3.45. The zero-order valence-electron chi connectivity index (χ0n) is 17.0. The third-order valence-electron chi connectivity index (χ3n) is 5.27. The van der Waals surface area contributed by atoms with E-state index < -0.39 is 5.97 Å². The minimum atomic E-state index is -0.900. The molecule has 2 N–H and O–H groups in total. The quantitative estimate of drug-likeness (QED) is 0.600. The predicted octanol–water partition coefficient (Wildman–Crippen LogP) is 4.59. The Morgan fingerprint density at radius 3 is 2.54 bits per heavy atom. The van der Waals surface area contributed by atoms with Gasteiger partial charge >= 0.3 is 5.97 Å². The Labute approximate surface area is 165 Å². The molecule has 0 aliphatic rings. The maximum Gasteiger partial charge on any atom is 0.352 e. The number of aryl methyl sites for hydroxylation is 1. The van der Waals surface area contributed by atoms with E-state index in [4.69, 9.17) is 4.74 Å². The Morgan fingerprint density at radius 2 is 1.93 bits per heavy atom. The summed E-state index contributed by atoms with van der Waals surface area (Å²) in [7, 11) is 1.64. The molecular formula is C23H28N2O3. The van der Waals surface area contributed by atoms with Gasteiger partial charge in [-0.05, 0) is 49.6 Å². The number of aromatic nitrogens is 1. The van der Waals surface area contributed by atoms with Crippen molar-refractivity contribution in [3.63, 3.8) is 0 Å². The second kappa shape index (κ2) is 8.48. The molecule has 0 saturated heterocycles. The number of fused-ring (bicyclic) bond motifs is 1. The van der Waals surface area contributed by atoms with E-state index in [1.807, 2.05) is 47.9 Å². The molecule has 0 saturated carbocycles. The van der Waals surface area contributed by atoms with Gasteiger partial charge in [-0.3, -0.25) is 0 Å². The van der Waals surface area contributed by atoms with E-state index in [2.05, 4.69) is 25.2 Å². The van der Waals surface area contributed by atoms with E-state index in [0.717, 1.165) is 39.8 Å². The Kier molecular flexibility index (Phi) is 6.05.